The summed E-state index contributed by atoms with van der Waals surface area (Å²) in [6, 6.07) is 7.70. The number of carbonyl (C=O) groups excluding carboxylic acids is 1. The Morgan fingerprint density at radius 1 is 1.11 bits per heavy atom. The summed E-state index contributed by atoms with van der Waals surface area (Å²) in [7, 11) is -1.16. The van der Waals surface area contributed by atoms with E-state index >= 15 is 0 Å². The number of nitrogens with zero attached hydrogens (tertiary/aromatic N) is 2. The summed E-state index contributed by atoms with van der Waals surface area (Å²) in [5.41, 5.74) is 1.13. The Morgan fingerprint density at radius 3 is 2.36 bits per heavy atom. The fourth-order valence-corrected chi connectivity index (χ4v) is 5.81. The molecule has 1 aliphatic heterocycles. The van der Waals surface area contributed by atoms with Crippen LogP contribution in [-0.2, 0) is 23.4 Å². The molecule has 3 rings (SSSR count). The average Bonchev–Trinajstić information content (AvgIpc) is 2.74. The Kier molecular flexibility index (Phi) is 7.48. The van der Waals surface area contributed by atoms with Crippen molar-refractivity contribution in [3.05, 3.63) is 29.8 Å². The van der Waals surface area contributed by atoms with Gasteiger partial charge in [0.1, 0.15) is 11.5 Å². The van der Waals surface area contributed by atoms with Crippen LogP contribution in [-0.4, -0.2) is 65.8 Å². The standard InChI is InChI=1S/C21H33N2O4S/c1-18-8-10-20(11-9-18)28(25,26-2)23-14-12-22(13-15-23)16-17-27-21(24)19-6-4-3-5-7-19/h8-11,19H,3-7,12-17H2,1-2H3/q+1. The van der Waals surface area contributed by atoms with Gasteiger partial charge in [0.2, 0.25) is 0 Å². The first-order valence-corrected chi connectivity index (χ1v) is 11.8. The molecule has 2 aliphatic rings. The fraction of sp³-hybridized carbons (Fsp3) is 0.667. The van der Waals surface area contributed by atoms with Crippen LogP contribution in [0, 0.1) is 12.8 Å². The zero-order valence-electron chi connectivity index (χ0n) is 17.1. The first-order chi connectivity index (χ1) is 13.5. The lowest BCUT2D eigenvalue weighted by Crippen LogP contribution is -2.49. The SMILES string of the molecule is C[O+]=S(=O)(c1ccc(C)cc1)N1CCN(CCOC(=O)C2CCCCC2)CC1. The second-order valence-corrected chi connectivity index (χ2v) is 10.00. The van der Waals surface area contributed by atoms with E-state index in [0.29, 0.717) is 19.7 Å². The lowest BCUT2D eigenvalue weighted by molar-refractivity contribution is -0.150. The summed E-state index contributed by atoms with van der Waals surface area (Å²) in [5.74, 6) is 0.0756. The third-order valence-corrected chi connectivity index (χ3v) is 8.17. The Labute approximate surface area is 169 Å². The number of esters is 1. The van der Waals surface area contributed by atoms with Crippen molar-refractivity contribution in [3.63, 3.8) is 0 Å². The van der Waals surface area contributed by atoms with Gasteiger partial charge >= 0.3 is 16.0 Å². The molecule has 1 atom stereocenters. The fourth-order valence-electron chi connectivity index (χ4n) is 3.99. The largest absolute Gasteiger partial charge is 0.464 e. The predicted octanol–water partition coefficient (Wildman–Crippen LogP) is 2.81. The van der Waals surface area contributed by atoms with Gasteiger partial charge in [0.15, 0.2) is 0 Å². The molecule has 1 aliphatic carbocycles. The molecule has 1 saturated heterocycles. The molecule has 0 amide bonds. The molecule has 0 aromatic heterocycles. The summed E-state index contributed by atoms with van der Waals surface area (Å²) in [6.07, 6.45) is 5.47. The molecule has 0 radical (unpaired) electrons. The number of aryl methyl sites for hydroxylation is 1. The lowest BCUT2D eigenvalue weighted by atomic mass is 9.89. The topological polar surface area (TPSA) is 61.1 Å². The van der Waals surface area contributed by atoms with Crippen LogP contribution in [0.2, 0.25) is 0 Å². The summed E-state index contributed by atoms with van der Waals surface area (Å²) in [6.45, 7) is 6.07. The molecule has 1 aromatic carbocycles. The van der Waals surface area contributed by atoms with E-state index in [0.717, 1.165) is 55.8 Å². The normalized spacial score (nSPS) is 21.8. The molecule has 0 spiro atoms. The van der Waals surface area contributed by atoms with Crippen LogP contribution in [0.5, 0.6) is 0 Å². The molecule has 0 bridgehead atoms. The van der Waals surface area contributed by atoms with Gasteiger partial charge in [-0.15, -0.1) is 0 Å². The highest BCUT2D eigenvalue weighted by molar-refractivity contribution is 7.89. The van der Waals surface area contributed by atoms with E-state index in [1.54, 1.807) is 0 Å². The first-order valence-electron chi connectivity index (χ1n) is 10.3. The van der Waals surface area contributed by atoms with Crippen molar-refractivity contribution >= 4 is 16.0 Å². The summed E-state index contributed by atoms with van der Waals surface area (Å²) in [4.78, 5) is 15.1. The summed E-state index contributed by atoms with van der Waals surface area (Å²) in [5, 5.41) is 0. The predicted molar refractivity (Wildman–Crippen MR) is 110 cm³/mol. The Balaban J connectivity index is 1.46. The van der Waals surface area contributed by atoms with Gasteiger partial charge in [0.05, 0.1) is 5.92 Å². The van der Waals surface area contributed by atoms with Crippen molar-refractivity contribution in [1.82, 2.24) is 9.21 Å². The molecular weight excluding hydrogens is 376 g/mol. The second kappa shape index (κ2) is 9.85. The highest BCUT2D eigenvalue weighted by Gasteiger charge is 2.34. The van der Waals surface area contributed by atoms with Crippen LogP contribution in [0.3, 0.4) is 0 Å². The van der Waals surface area contributed by atoms with Gasteiger partial charge < -0.3 is 4.74 Å². The Hall–Kier alpha value is -1.44. The lowest BCUT2D eigenvalue weighted by Gasteiger charge is -2.32. The minimum Gasteiger partial charge on any atom is -0.464 e. The van der Waals surface area contributed by atoms with Crippen molar-refractivity contribution in [2.24, 2.45) is 5.92 Å². The molecule has 1 unspecified atom stereocenters. The maximum absolute atomic E-state index is 13.4. The number of carbonyl (C=O) groups is 1. The van der Waals surface area contributed by atoms with Crippen molar-refractivity contribution in [3.8, 4) is 0 Å². The van der Waals surface area contributed by atoms with E-state index in [1.807, 2.05) is 35.5 Å². The minimum atomic E-state index is -2.67. The summed E-state index contributed by atoms with van der Waals surface area (Å²) >= 11 is 0. The van der Waals surface area contributed by atoms with Crippen LogP contribution in [0.1, 0.15) is 37.7 Å². The molecule has 1 aromatic rings. The van der Waals surface area contributed by atoms with E-state index in [4.69, 9.17) is 8.58 Å². The van der Waals surface area contributed by atoms with E-state index in [9.17, 15) is 9.00 Å². The zero-order chi connectivity index (χ0) is 20.0. The number of rotatable bonds is 6. The van der Waals surface area contributed by atoms with Gasteiger partial charge in [-0.1, -0.05) is 37.0 Å². The number of ether oxygens (including phenoxy) is 1. The van der Waals surface area contributed by atoms with E-state index in [1.165, 1.54) is 13.5 Å². The van der Waals surface area contributed by atoms with Gasteiger partial charge in [-0.05, 0) is 31.9 Å². The molecule has 0 N–H and O–H groups in total. The quantitative estimate of drug-likeness (QED) is 0.535. The van der Waals surface area contributed by atoms with Gasteiger partial charge in [-0.3, -0.25) is 9.69 Å². The average molecular weight is 410 g/mol. The molecule has 7 heteroatoms. The van der Waals surface area contributed by atoms with Crippen LogP contribution in [0.25, 0.3) is 0 Å². The van der Waals surface area contributed by atoms with E-state index in [2.05, 4.69) is 4.90 Å². The maximum atomic E-state index is 13.4. The van der Waals surface area contributed by atoms with Crippen molar-refractivity contribution in [2.45, 2.75) is 43.9 Å². The molecule has 2 fully saturated rings. The highest BCUT2D eigenvalue weighted by atomic mass is 32.2. The van der Waals surface area contributed by atoms with E-state index in [-0.39, 0.29) is 11.9 Å². The van der Waals surface area contributed by atoms with Crippen LogP contribution >= 0.6 is 0 Å². The molecule has 156 valence electrons. The van der Waals surface area contributed by atoms with Gasteiger partial charge in [-0.25, -0.2) is 0 Å². The molecule has 1 heterocycles. The number of benzene rings is 1. The first kappa shape index (κ1) is 21.3. The number of piperazine rings is 1. The van der Waals surface area contributed by atoms with Crippen molar-refractivity contribution < 1.29 is 17.6 Å². The van der Waals surface area contributed by atoms with Crippen molar-refractivity contribution in [2.75, 3.05) is 46.4 Å². The maximum Gasteiger partial charge on any atom is 0.378 e. The smallest absolute Gasteiger partial charge is 0.378 e. The Morgan fingerprint density at radius 2 is 1.75 bits per heavy atom. The minimum absolute atomic E-state index is 0.0277. The number of hydrogen-bond donors (Lipinski definition) is 0. The summed E-state index contributed by atoms with van der Waals surface area (Å²) < 4.78 is 26.3. The van der Waals surface area contributed by atoms with Crippen molar-refractivity contribution in [1.29, 1.82) is 0 Å². The third-order valence-electron chi connectivity index (χ3n) is 5.81. The molecule has 1 saturated carbocycles. The molecular formula is C21H33N2O4S+. The van der Waals surface area contributed by atoms with Crippen LogP contribution in [0.4, 0.5) is 0 Å². The second-order valence-electron chi connectivity index (χ2n) is 7.73. The molecule has 28 heavy (non-hydrogen) atoms. The number of hydrogen-bond acceptors (Lipinski definition) is 4. The van der Waals surface area contributed by atoms with Crippen LogP contribution in [0.15, 0.2) is 29.2 Å². The Bertz CT molecular complexity index is 757. The molecule has 6 nitrogen and oxygen atoms in total. The highest BCUT2D eigenvalue weighted by Crippen LogP contribution is 2.24. The third kappa shape index (κ3) is 5.13. The van der Waals surface area contributed by atoms with Gasteiger partial charge in [0.25, 0.3) is 7.11 Å². The van der Waals surface area contributed by atoms with E-state index < -0.39 is 10.0 Å². The zero-order valence-corrected chi connectivity index (χ0v) is 17.9. The van der Waals surface area contributed by atoms with Crippen LogP contribution < -0.4 is 0 Å². The monoisotopic (exact) mass is 409 g/mol. The van der Waals surface area contributed by atoms with Gasteiger partial charge in [0, 0.05) is 32.7 Å². The van der Waals surface area contributed by atoms with Gasteiger partial charge in [-0.2, -0.15) is 12.4 Å².